The monoisotopic (exact) mass is 339 g/mol. The van der Waals surface area contributed by atoms with E-state index in [2.05, 4.69) is 21.2 Å². The molecule has 1 amide bonds. The van der Waals surface area contributed by atoms with Crippen LogP contribution in [0, 0.1) is 25.7 Å². The van der Waals surface area contributed by atoms with Crippen molar-refractivity contribution in [1.29, 1.82) is 0 Å². The van der Waals surface area contributed by atoms with Crippen LogP contribution in [0.2, 0.25) is 0 Å². The summed E-state index contributed by atoms with van der Waals surface area (Å²) in [6.07, 6.45) is 2.04. The number of carbonyl (C=O) groups is 2. The van der Waals surface area contributed by atoms with Crippen LogP contribution in [0.5, 0.6) is 0 Å². The molecular weight excluding hydrogens is 322 g/mol. The standard InChI is InChI=1S/C15H18BrNO3/c1-8-6-10(16)7-9(2)13(8)17-14(18)11-4-3-5-12(11)15(19)20/h6-7,11-12H,3-5H2,1-2H3,(H,17,18)(H,19,20). The number of carboxylic acid groups (broad SMARTS) is 1. The molecule has 2 N–H and O–H groups in total. The zero-order valence-electron chi connectivity index (χ0n) is 11.6. The second-order valence-electron chi connectivity index (χ2n) is 5.39. The van der Waals surface area contributed by atoms with Crippen molar-refractivity contribution in [3.8, 4) is 0 Å². The molecule has 0 aromatic heterocycles. The van der Waals surface area contributed by atoms with Gasteiger partial charge in [0, 0.05) is 10.2 Å². The Morgan fingerprint density at radius 1 is 1.20 bits per heavy atom. The van der Waals surface area contributed by atoms with Gasteiger partial charge in [-0.1, -0.05) is 22.4 Å². The number of aliphatic carboxylic acids is 1. The van der Waals surface area contributed by atoms with Gasteiger partial charge in [-0.05, 0) is 49.9 Å². The molecule has 0 radical (unpaired) electrons. The second-order valence-corrected chi connectivity index (χ2v) is 6.30. The van der Waals surface area contributed by atoms with Crippen molar-refractivity contribution < 1.29 is 14.7 Å². The van der Waals surface area contributed by atoms with E-state index in [1.54, 1.807) is 0 Å². The third-order valence-corrected chi connectivity index (χ3v) is 4.37. The first-order valence-electron chi connectivity index (χ1n) is 6.70. The molecule has 1 saturated carbocycles. The molecule has 2 atom stereocenters. The van der Waals surface area contributed by atoms with Gasteiger partial charge in [-0.15, -0.1) is 0 Å². The summed E-state index contributed by atoms with van der Waals surface area (Å²) in [6, 6.07) is 3.87. The SMILES string of the molecule is Cc1cc(Br)cc(C)c1NC(=O)C1CCCC1C(=O)O. The molecule has 0 bridgehead atoms. The lowest BCUT2D eigenvalue weighted by Crippen LogP contribution is -2.30. The van der Waals surface area contributed by atoms with E-state index in [0.29, 0.717) is 12.8 Å². The van der Waals surface area contributed by atoms with E-state index in [4.69, 9.17) is 5.11 Å². The fourth-order valence-electron chi connectivity index (χ4n) is 2.89. The highest BCUT2D eigenvalue weighted by molar-refractivity contribution is 9.10. The summed E-state index contributed by atoms with van der Waals surface area (Å²) in [5.74, 6) is -2.02. The Morgan fingerprint density at radius 3 is 2.30 bits per heavy atom. The van der Waals surface area contributed by atoms with Crippen LogP contribution in [0.25, 0.3) is 0 Å². The van der Waals surface area contributed by atoms with E-state index in [1.807, 2.05) is 26.0 Å². The molecule has 20 heavy (non-hydrogen) atoms. The van der Waals surface area contributed by atoms with Crippen LogP contribution in [0.3, 0.4) is 0 Å². The first-order valence-corrected chi connectivity index (χ1v) is 7.50. The van der Waals surface area contributed by atoms with Crippen LogP contribution in [-0.4, -0.2) is 17.0 Å². The molecule has 5 heteroatoms. The highest BCUT2D eigenvalue weighted by atomic mass is 79.9. The number of carbonyl (C=O) groups excluding carboxylic acids is 1. The number of benzene rings is 1. The minimum atomic E-state index is -0.869. The quantitative estimate of drug-likeness (QED) is 0.885. The maximum absolute atomic E-state index is 12.3. The number of aryl methyl sites for hydroxylation is 2. The van der Waals surface area contributed by atoms with Gasteiger partial charge in [-0.2, -0.15) is 0 Å². The van der Waals surface area contributed by atoms with Crippen LogP contribution in [-0.2, 0) is 9.59 Å². The number of rotatable bonds is 3. The summed E-state index contributed by atoms with van der Waals surface area (Å²) in [7, 11) is 0. The average Bonchev–Trinajstić information content (AvgIpc) is 2.82. The second kappa shape index (κ2) is 5.95. The highest BCUT2D eigenvalue weighted by Crippen LogP contribution is 2.34. The summed E-state index contributed by atoms with van der Waals surface area (Å²) < 4.78 is 0.967. The van der Waals surface area contributed by atoms with Crippen molar-refractivity contribution in [2.24, 2.45) is 11.8 Å². The van der Waals surface area contributed by atoms with Crippen LogP contribution >= 0.6 is 15.9 Å². The molecule has 0 aliphatic heterocycles. The Labute approximate surface area is 126 Å². The molecule has 4 nitrogen and oxygen atoms in total. The Kier molecular flexibility index (Phi) is 4.48. The normalized spacial score (nSPS) is 21.8. The average molecular weight is 340 g/mol. The molecule has 1 aliphatic carbocycles. The lowest BCUT2D eigenvalue weighted by atomic mass is 9.95. The fourth-order valence-corrected chi connectivity index (χ4v) is 3.58. The number of hydrogen-bond donors (Lipinski definition) is 2. The lowest BCUT2D eigenvalue weighted by molar-refractivity contribution is -0.145. The van der Waals surface area contributed by atoms with Gasteiger partial charge in [-0.25, -0.2) is 0 Å². The van der Waals surface area contributed by atoms with Crippen molar-refractivity contribution in [3.63, 3.8) is 0 Å². The Morgan fingerprint density at radius 2 is 1.75 bits per heavy atom. The predicted octanol–water partition coefficient (Wildman–Crippen LogP) is 3.51. The maximum atomic E-state index is 12.3. The molecule has 2 rings (SSSR count). The minimum Gasteiger partial charge on any atom is -0.481 e. The highest BCUT2D eigenvalue weighted by Gasteiger charge is 2.37. The predicted molar refractivity (Wildman–Crippen MR) is 80.7 cm³/mol. The third-order valence-electron chi connectivity index (χ3n) is 3.92. The van der Waals surface area contributed by atoms with Gasteiger partial charge >= 0.3 is 5.97 Å². The van der Waals surface area contributed by atoms with E-state index in [1.165, 1.54) is 0 Å². The number of hydrogen-bond acceptors (Lipinski definition) is 2. The van der Waals surface area contributed by atoms with Crippen LogP contribution < -0.4 is 5.32 Å². The molecule has 1 fully saturated rings. The molecule has 0 spiro atoms. The van der Waals surface area contributed by atoms with Gasteiger partial charge in [-0.3, -0.25) is 9.59 Å². The Balaban J connectivity index is 2.18. The summed E-state index contributed by atoms with van der Waals surface area (Å²) in [6.45, 7) is 3.85. The zero-order chi connectivity index (χ0) is 14.9. The largest absolute Gasteiger partial charge is 0.481 e. The number of carboxylic acids is 1. The van der Waals surface area contributed by atoms with Gasteiger partial charge in [0.1, 0.15) is 0 Å². The number of halogens is 1. The Bertz CT molecular complexity index is 533. The number of nitrogens with one attached hydrogen (secondary N) is 1. The van der Waals surface area contributed by atoms with Crippen molar-refractivity contribution in [2.45, 2.75) is 33.1 Å². The van der Waals surface area contributed by atoms with Crippen molar-refractivity contribution in [1.82, 2.24) is 0 Å². The summed E-state index contributed by atoms with van der Waals surface area (Å²) >= 11 is 3.42. The smallest absolute Gasteiger partial charge is 0.307 e. The Hall–Kier alpha value is -1.36. The maximum Gasteiger partial charge on any atom is 0.307 e. The molecular formula is C15H18BrNO3. The fraction of sp³-hybridized carbons (Fsp3) is 0.467. The van der Waals surface area contributed by atoms with Crippen molar-refractivity contribution >= 4 is 33.5 Å². The topological polar surface area (TPSA) is 66.4 Å². The van der Waals surface area contributed by atoms with Gasteiger partial charge in [0.15, 0.2) is 0 Å². The van der Waals surface area contributed by atoms with Gasteiger partial charge in [0.25, 0.3) is 0 Å². The van der Waals surface area contributed by atoms with E-state index < -0.39 is 17.8 Å². The summed E-state index contributed by atoms with van der Waals surface area (Å²) in [5, 5.41) is 12.1. The molecule has 0 heterocycles. The van der Waals surface area contributed by atoms with Crippen LogP contribution in [0.1, 0.15) is 30.4 Å². The van der Waals surface area contributed by atoms with E-state index in [9.17, 15) is 9.59 Å². The molecule has 2 unspecified atom stereocenters. The molecule has 1 aromatic carbocycles. The minimum absolute atomic E-state index is 0.177. The molecule has 0 saturated heterocycles. The van der Waals surface area contributed by atoms with Crippen LogP contribution in [0.15, 0.2) is 16.6 Å². The van der Waals surface area contributed by atoms with E-state index in [0.717, 1.165) is 27.7 Å². The van der Waals surface area contributed by atoms with Gasteiger partial charge in [0.05, 0.1) is 11.8 Å². The first-order chi connectivity index (χ1) is 9.40. The van der Waals surface area contributed by atoms with Crippen molar-refractivity contribution in [2.75, 3.05) is 5.32 Å². The van der Waals surface area contributed by atoms with Crippen LogP contribution in [0.4, 0.5) is 5.69 Å². The molecule has 108 valence electrons. The van der Waals surface area contributed by atoms with Gasteiger partial charge in [0.2, 0.25) is 5.91 Å². The molecule has 1 aromatic rings. The lowest BCUT2D eigenvalue weighted by Gasteiger charge is -2.18. The summed E-state index contributed by atoms with van der Waals surface area (Å²) in [4.78, 5) is 23.5. The third kappa shape index (κ3) is 3.03. The zero-order valence-corrected chi connectivity index (χ0v) is 13.2. The summed E-state index contributed by atoms with van der Waals surface area (Å²) in [5.41, 5.74) is 2.72. The van der Waals surface area contributed by atoms with E-state index in [-0.39, 0.29) is 5.91 Å². The molecule has 1 aliphatic rings. The number of amides is 1. The van der Waals surface area contributed by atoms with E-state index >= 15 is 0 Å². The van der Waals surface area contributed by atoms with Crippen molar-refractivity contribution in [3.05, 3.63) is 27.7 Å². The van der Waals surface area contributed by atoms with Gasteiger partial charge < -0.3 is 10.4 Å². The number of anilines is 1. The first kappa shape index (κ1) is 15.0.